The molecular formula is C15H16N2OS. The zero-order valence-corrected chi connectivity index (χ0v) is 11.6. The normalized spacial score (nSPS) is 10.2. The summed E-state index contributed by atoms with van der Waals surface area (Å²) in [5, 5.41) is 2.86. The lowest BCUT2D eigenvalue weighted by molar-refractivity contribution is -0.113. The minimum Gasteiger partial charge on any atom is -0.325 e. The second-order valence-corrected chi connectivity index (χ2v) is 5.26. The molecule has 1 N–H and O–H groups in total. The largest absolute Gasteiger partial charge is 0.325 e. The quantitative estimate of drug-likeness (QED) is 0.908. The predicted molar refractivity (Wildman–Crippen MR) is 80.2 cm³/mol. The van der Waals surface area contributed by atoms with E-state index in [4.69, 9.17) is 0 Å². The Morgan fingerprint density at radius 3 is 2.79 bits per heavy atom. The van der Waals surface area contributed by atoms with Gasteiger partial charge in [0.05, 0.1) is 5.75 Å². The van der Waals surface area contributed by atoms with Crippen LogP contribution in [-0.4, -0.2) is 16.6 Å². The van der Waals surface area contributed by atoms with E-state index < -0.39 is 0 Å². The van der Waals surface area contributed by atoms with E-state index in [0.717, 1.165) is 22.6 Å². The van der Waals surface area contributed by atoms with Crippen LogP contribution in [0.3, 0.4) is 0 Å². The molecule has 19 heavy (non-hydrogen) atoms. The van der Waals surface area contributed by atoms with Crippen LogP contribution in [0.15, 0.2) is 48.8 Å². The summed E-state index contributed by atoms with van der Waals surface area (Å²) in [5.41, 5.74) is 3.13. The topological polar surface area (TPSA) is 42.0 Å². The molecule has 0 radical (unpaired) electrons. The van der Waals surface area contributed by atoms with Crippen LogP contribution in [0.25, 0.3) is 0 Å². The van der Waals surface area contributed by atoms with Crippen molar-refractivity contribution in [2.75, 3.05) is 11.1 Å². The van der Waals surface area contributed by atoms with Crippen molar-refractivity contribution in [3.8, 4) is 0 Å². The molecule has 0 aliphatic heterocycles. The van der Waals surface area contributed by atoms with Crippen LogP contribution in [0.1, 0.15) is 11.1 Å². The number of aromatic nitrogens is 1. The van der Waals surface area contributed by atoms with Crippen molar-refractivity contribution in [2.24, 2.45) is 0 Å². The van der Waals surface area contributed by atoms with Gasteiger partial charge in [0.2, 0.25) is 5.91 Å². The number of pyridine rings is 1. The van der Waals surface area contributed by atoms with Crippen LogP contribution in [0, 0.1) is 6.92 Å². The van der Waals surface area contributed by atoms with Gasteiger partial charge in [-0.15, -0.1) is 11.8 Å². The molecule has 0 aliphatic carbocycles. The van der Waals surface area contributed by atoms with E-state index in [1.165, 1.54) is 0 Å². The molecule has 1 amide bonds. The molecule has 0 saturated heterocycles. The highest BCUT2D eigenvalue weighted by molar-refractivity contribution is 7.99. The highest BCUT2D eigenvalue weighted by Gasteiger charge is 2.02. The second-order valence-electron chi connectivity index (χ2n) is 4.28. The Balaban J connectivity index is 1.75. The van der Waals surface area contributed by atoms with E-state index in [1.807, 2.05) is 49.6 Å². The average molecular weight is 272 g/mol. The Kier molecular flexibility index (Phi) is 4.98. The van der Waals surface area contributed by atoms with Crippen molar-refractivity contribution in [1.82, 2.24) is 4.98 Å². The summed E-state index contributed by atoms with van der Waals surface area (Å²) < 4.78 is 0. The van der Waals surface area contributed by atoms with Gasteiger partial charge in [0.25, 0.3) is 0 Å². The number of carbonyl (C=O) groups excluding carboxylic acids is 1. The van der Waals surface area contributed by atoms with Crippen molar-refractivity contribution in [2.45, 2.75) is 12.7 Å². The third-order valence-corrected chi connectivity index (χ3v) is 3.49. The molecule has 1 aromatic heterocycles. The lowest BCUT2D eigenvalue weighted by atomic mass is 10.2. The Labute approximate surface area is 117 Å². The summed E-state index contributed by atoms with van der Waals surface area (Å²) in [7, 11) is 0. The summed E-state index contributed by atoms with van der Waals surface area (Å²) in [6, 6.07) is 11.6. The molecule has 0 unspecified atom stereocenters. The first-order valence-electron chi connectivity index (χ1n) is 6.07. The van der Waals surface area contributed by atoms with Gasteiger partial charge < -0.3 is 5.32 Å². The van der Waals surface area contributed by atoms with Crippen molar-refractivity contribution in [1.29, 1.82) is 0 Å². The number of nitrogens with zero attached hydrogens (tertiary/aromatic N) is 1. The van der Waals surface area contributed by atoms with Crippen LogP contribution in [0.4, 0.5) is 5.69 Å². The van der Waals surface area contributed by atoms with Crippen molar-refractivity contribution >= 4 is 23.4 Å². The summed E-state index contributed by atoms with van der Waals surface area (Å²) in [6.45, 7) is 2.02. The standard InChI is InChI=1S/C15H16N2OS/c1-12-7-13(9-16-8-12)10-19-11-15(18)17-14-5-3-2-4-6-14/h2-9H,10-11H2,1H3,(H,17,18). The summed E-state index contributed by atoms with van der Waals surface area (Å²) >= 11 is 1.59. The van der Waals surface area contributed by atoms with E-state index in [0.29, 0.717) is 5.75 Å². The average Bonchev–Trinajstić information content (AvgIpc) is 2.40. The molecule has 4 heteroatoms. The molecule has 98 valence electrons. The van der Waals surface area contributed by atoms with E-state index in [-0.39, 0.29) is 5.91 Å². The van der Waals surface area contributed by atoms with E-state index >= 15 is 0 Å². The predicted octanol–water partition coefficient (Wildman–Crippen LogP) is 3.26. The zero-order valence-electron chi connectivity index (χ0n) is 10.8. The Bertz CT molecular complexity index is 543. The Hall–Kier alpha value is -1.81. The maximum atomic E-state index is 11.7. The van der Waals surface area contributed by atoms with Crippen LogP contribution >= 0.6 is 11.8 Å². The molecule has 3 nitrogen and oxygen atoms in total. The molecule has 1 heterocycles. The Morgan fingerprint density at radius 1 is 1.26 bits per heavy atom. The summed E-state index contributed by atoms with van der Waals surface area (Å²) in [4.78, 5) is 15.9. The van der Waals surface area contributed by atoms with Crippen molar-refractivity contribution in [3.05, 3.63) is 59.9 Å². The number of hydrogen-bond donors (Lipinski definition) is 1. The second kappa shape index (κ2) is 6.95. The number of para-hydroxylation sites is 1. The lowest BCUT2D eigenvalue weighted by Crippen LogP contribution is -2.13. The van der Waals surface area contributed by atoms with E-state index in [9.17, 15) is 4.79 Å². The van der Waals surface area contributed by atoms with Crippen LogP contribution in [-0.2, 0) is 10.5 Å². The van der Waals surface area contributed by atoms with Gasteiger partial charge in [-0.1, -0.05) is 24.3 Å². The zero-order chi connectivity index (χ0) is 13.5. The van der Waals surface area contributed by atoms with E-state index in [1.54, 1.807) is 11.8 Å². The first-order valence-corrected chi connectivity index (χ1v) is 7.23. The highest BCUT2D eigenvalue weighted by atomic mass is 32.2. The van der Waals surface area contributed by atoms with Crippen molar-refractivity contribution < 1.29 is 4.79 Å². The number of anilines is 1. The molecule has 2 rings (SSSR count). The van der Waals surface area contributed by atoms with Gasteiger partial charge in [-0.3, -0.25) is 9.78 Å². The van der Waals surface area contributed by atoms with Gasteiger partial charge in [-0.25, -0.2) is 0 Å². The number of rotatable bonds is 5. The fourth-order valence-corrected chi connectivity index (χ4v) is 2.43. The molecular weight excluding hydrogens is 256 g/mol. The number of thioether (sulfide) groups is 1. The molecule has 0 atom stereocenters. The number of benzene rings is 1. The number of carbonyl (C=O) groups is 1. The maximum Gasteiger partial charge on any atom is 0.234 e. The smallest absolute Gasteiger partial charge is 0.234 e. The maximum absolute atomic E-state index is 11.7. The lowest BCUT2D eigenvalue weighted by Gasteiger charge is -2.05. The van der Waals surface area contributed by atoms with Crippen LogP contribution < -0.4 is 5.32 Å². The van der Waals surface area contributed by atoms with Crippen LogP contribution in [0.5, 0.6) is 0 Å². The van der Waals surface area contributed by atoms with E-state index in [2.05, 4.69) is 16.4 Å². The molecule has 1 aromatic carbocycles. The highest BCUT2D eigenvalue weighted by Crippen LogP contribution is 2.13. The molecule has 0 bridgehead atoms. The van der Waals surface area contributed by atoms with Gasteiger partial charge in [0, 0.05) is 23.8 Å². The van der Waals surface area contributed by atoms with Gasteiger partial charge in [0.15, 0.2) is 0 Å². The van der Waals surface area contributed by atoms with Gasteiger partial charge in [0.1, 0.15) is 0 Å². The van der Waals surface area contributed by atoms with Gasteiger partial charge in [-0.05, 0) is 30.2 Å². The Morgan fingerprint density at radius 2 is 2.05 bits per heavy atom. The third kappa shape index (κ3) is 4.75. The monoisotopic (exact) mass is 272 g/mol. The SMILES string of the molecule is Cc1cncc(CSCC(=O)Nc2ccccc2)c1. The fraction of sp³-hybridized carbons (Fsp3) is 0.200. The third-order valence-electron chi connectivity index (χ3n) is 2.49. The molecule has 2 aromatic rings. The van der Waals surface area contributed by atoms with Crippen molar-refractivity contribution in [3.63, 3.8) is 0 Å². The number of nitrogens with one attached hydrogen (secondary N) is 1. The first-order chi connectivity index (χ1) is 9.24. The van der Waals surface area contributed by atoms with Gasteiger partial charge in [-0.2, -0.15) is 0 Å². The van der Waals surface area contributed by atoms with Gasteiger partial charge >= 0.3 is 0 Å². The number of aryl methyl sites for hydroxylation is 1. The molecule has 0 saturated carbocycles. The molecule has 0 spiro atoms. The number of hydrogen-bond acceptors (Lipinski definition) is 3. The fourth-order valence-electron chi connectivity index (χ4n) is 1.68. The molecule has 0 fully saturated rings. The minimum atomic E-state index is 0.0248. The number of amides is 1. The van der Waals surface area contributed by atoms with Crippen LogP contribution in [0.2, 0.25) is 0 Å². The molecule has 0 aliphatic rings. The first kappa shape index (κ1) is 13.6. The minimum absolute atomic E-state index is 0.0248. The summed E-state index contributed by atoms with van der Waals surface area (Å²) in [5.74, 6) is 1.27. The summed E-state index contributed by atoms with van der Waals surface area (Å²) in [6.07, 6.45) is 3.67.